The molecule has 5 nitrogen and oxygen atoms in total. The molecule has 0 aromatic heterocycles. The molecule has 2 N–H and O–H groups in total. The average Bonchev–Trinajstić information content (AvgIpc) is 2.64. The van der Waals surface area contributed by atoms with Gasteiger partial charge in [-0.05, 0) is 18.8 Å². The number of urea groups is 1. The topological polar surface area (TPSA) is 69.6 Å². The van der Waals surface area contributed by atoms with Gasteiger partial charge in [0.1, 0.15) is 6.04 Å². The van der Waals surface area contributed by atoms with Crippen LogP contribution in [0.15, 0.2) is 0 Å². The Balaban J connectivity index is 1.99. The Morgan fingerprint density at radius 1 is 1.47 bits per heavy atom. The molecule has 1 heterocycles. The van der Waals surface area contributed by atoms with Crippen LogP contribution >= 0.6 is 11.8 Å². The lowest BCUT2D eigenvalue weighted by molar-refractivity contribution is -0.141. The predicted octanol–water partition coefficient (Wildman–Crippen LogP) is 1.34. The zero-order valence-electron chi connectivity index (χ0n) is 10.3. The van der Waals surface area contributed by atoms with Crippen molar-refractivity contribution in [2.75, 3.05) is 5.75 Å². The summed E-state index contributed by atoms with van der Waals surface area (Å²) in [6, 6.07) is -0.760. The first-order valence-electron chi connectivity index (χ1n) is 5.76. The van der Waals surface area contributed by atoms with Gasteiger partial charge in [0.25, 0.3) is 0 Å². The first kappa shape index (κ1) is 12.5. The summed E-state index contributed by atoms with van der Waals surface area (Å²) in [6.07, 6.45) is 0.964. The van der Waals surface area contributed by atoms with Crippen molar-refractivity contribution in [3.63, 3.8) is 0 Å². The molecule has 0 aromatic rings. The molecular weight excluding hydrogens is 240 g/mol. The Hall–Kier alpha value is -0.910. The highest BCUT2D eigenvalue weighted by atomic mass is 32.2. The summed E-state index contributed by atoms with van der Waals surface area (Å²) in [5.74, 6) is -0.454. The monoisotopic (exact) mass is 258 g/mol. The van der Waals surface area contributed by atoms with E-state index in [1.54, 1.807) is 0 Å². The highest BCUT2D eigenvalue weighted by Crippen LogP contribution is 2.44. The molecule has 2 rings (SSSR count). The van der Waals surface area contributed by atoms with Crippen molar-refractivity contribution in [3.8, 4) is 0 Å². The van der Waals surface area contributed by atoms with E-state index in [4.69, 9.17) is 5.11 Å². The standard InChI is InChI=1S/C11H18N2O3S/c1-6-13(7(5-17-6)9(14)15)10(16)12-8-4-11(8,2)3/h6-8H,4-5H2,1-3H3,(H,12,16)(H,14,15). The number of carboxylic acid groups (broad SMARTS) is 1. The molecule has 1 aliphatic heterocycles. The molecule has 0 radical (unpaired) electrons. The van der Waals surface area contributed by atoms with E-state index in [9.17, 15) is 9.59 Å². The highest BCUT2D eigenvalue weighted by molar-refractivity contribution is 8.00. The Morgan fingerprint density at radius 2 is 2.06 bits per heavy atom. The molecule has 0 bridgehead atoms. The van der Waals surface area contributed by atoms with Crippen LogP contribution < -0.4 is 5.32 Å². The highest BCUT2D eigenvalue weighted by Gasteiger charge is 2.48. The maximum absolute atomic E-state index is 12.0. The first-order chi connectivity index (χ1) is 7.83. The summed E-state index contributed by atoms with van der Waals surface area (Å²) in [5, 5.41) is 11.9. The molecule has 2 fully saturated rings. The quantitative estimate of drug-likeness (QED) is 0.784. The second kappa shape index (κ2) is 4.08. The molecule has 3 unspecified atom stereocenters. The SMILES string of the molecule is CC1SCC(C(=O)O)N1C(=O)NC1CC1(C)C. The zero-order chi connectivity index (χ0) is 12.8. The van der Waals surface area contributed by atoms with E-state index in [2.05, 4.69) is 19.2 Å². The first-order valence-corrected chi connectivity index (χ1v) is 6.81. The second-order valence-electron chi connectivity index (χ2n) is 5.39. The molecule has 0 aromatic carbocycles. The molecule has 1 aliphatic carbocycles. The number of carbonyl (C=O) groups excluding carboxylic acids is 1. The summed E-state index contributed by atoms with van der Waals surface area (Å²) < 4.78 is 0. The van der Waals surface area contributed by atoms with Gasteiger partial charge in [-0.15, -0.1) is 11.8 Å². The summed E-state index contributed by atoms with van der Waals surface area (Å²) in [5.41, 5.74) is 0.157. The minimum atomic E-state index is -0.924. The predicted molar refractivity (Wildman–Crippen MR) is 65.9 cm³/mol. The Bertz CT molecular complexity index is 359. The summed E-state index contributed by atoms with van der Waals surface area (Å²) in [6.45, 7) is 6.05. The third kappa shape index (κ3) is 2.36. The van der Waals surface area contributed by atoms with Crippen molar-refractivity contribution in [2.45, 2.75) is 44.6 Å². The van der Waals surface area contributed by atoms with Crippen LogP contribution in [-0.2, 0) is 4.79 Å². The number of nitrogens with zero attached hydrogens (tertiary/aromatic N) is 1. The van der Waals surface area contributed by atoms with Crippen LogP contribution in [0, 0.1) is 5.41 Å². The fourth-order valence-electron chi connectivity index (χ4n) is 2.08. The molecule has 2 aliphatic rings. The van der Waals surface area contributed by atoms with Crippen molar-refractivity contribution in [1.82, 2.24) is 10.2 Å². The van der Waals surface area contributed by atoms with E-state index in [0.717, 1.165) is 6.42 Å². The van der Waals surface area contributed by atoms with Gasteiger partial charge in [-0.25, -0.2) is 9.59 Å². The van der Waals surface area contributed by atoms with Crippen LogP contribution in [0.1, 0.15) is 27.2 Å². The van der Waals surface area contributed by atoms with Crippen LogP contribution in [0.3, 0.4) is 0 Å². The molecule has 1 saturated heterocycles. The maximum Gasteiger partial charge on any atom is 0.327 e. The summed E-state index contributed by atoms with van der Waals surface area (Å²) in [4.78, 5) is 24.5. The van der Waals surface area contributed by atoms with Crippen LogP contribution in [0.25, 0.3) is 0 Å². The zero-order valence-corrected chi connectivity index (χ0v) is 11.1. The van der Waals surface area contributed by atoms with Crippen LogP contribution in [0.4, 0.5) is 4.79 Å². The smallest absolute Gasteiger partial charge is 0.327 e. The number of rotatable bonds is 2. The van der Waals surface area contributed by atoms with Gasteiger partial charge in [0.2, 0.25) is 0 Å². The van der Waals surface area contributed by atoms with Gasteiger partial charge in [0, 0.05) is 11.8 Å². The fraction of sp³-hybridized carbons (Fsp3) is 0.818. The van der Waals surface area contributed by atoms with Gasteiger partial charge in [0.05, 0.1) is 5.37 Å². The second-order valence-corrected chi connectivity index (χ2v) is 6.74. The largest absolute Gasteiger partial charge is 0.480 e. The molecule has 1 saturated carbocycles. The molecular formula is C11H18N2O3S. The van der Waals surface area contributed by atoms with E-state index in [-0.39, 0.29) is 22.9 Å². The van der Waals surface area contributed by atoms with Crippen molar-refractivity contribution in [3.05, 3.63) is 0 Å². The molecule has 96 valence electrons. The van der Waals surface area contributed by atoms with Gasteiger partial charge >= 0.3 is 12.0 Å². The van der Waals surface area contributed by atoms with Gasteiger partial charge < -0.3 is 10.4 Å². The van der Waals surface area contributed by atoms with Gasteiger partial charge in [-0.2, -0.15) is 0 Å². The lowest BCUT2D eigenvalue weighted by Gasteiger charge is -2.25. The lowest BCUT2D eigenvalue weighted by atomic mass is 10.2. The van der Waals surface area contributed by atoms with Gasteiger partial charge in [0.15, 0.2) is 0 Å². The molecule has 0 spiro atoms. The number of carboxylic acids is 1. The molecule has 3 atom stereocenters. The normalized spacial score (nSPS) is 34.5. The summed E-state index contributed by atoms with van der Waals surface area (Å²) >= 11 is 1.50. The lowest BCUT2D eigenvalue weighted by Crippen LogP contribution is -2.50. The Labute approximate surface area is 105 Å². The average molecular weight is 258 g/mol. The minimum Gasteiger partial charge on any atom is -0.480 e. The van der Waals surface area contributed by atoms with E-state index in [1.807, 2.05) is 6.92 Å². The van der Waals surface area contributed by atoms with Crippen molar-refractivity contribution >= 4 is 23.8 Å². The Morgan fingerprint density at radius 3 is 2.53 bits per heavy atom. The van der Waals surface area contributed by atoms with Crippen molar-refractivity contribution in [1.29, 1.82) is 0 Å². The van der Waals surface area contributed by atoms with E-state index in [1.165, 1.54) is 16.7 Å². The minimum absolute atomic E-state index is 0.0713. The van der Waals surface area contributed by atoms with Crippen molar-refractivity contribution < 1.29 is 14.7 Å². The van der Waals surface area contributed by atoms with Gasteiger partial charge in [-0.3, -0.25) is 4.90 Å². The maximum atomic E-state index is 12.0. The van der Waals surface area contributed by atoms with Crippen LogP contribution in [0.5, 0.6) is 0 Å². The number of aliphatic carboxylic acids is 1. The number of carbonyl (C=O) groups is 2. The molecule has 6 heteroatoms. The summed E-state index contributed by atoms with van der Waals surface area (Å²) in [7, 11) is 0. The number of amides is 2. The fourth-order valence-corrected chi connectivity index (χ4v) is 3.25. The number of hydrogen-bond donors (Lipinski definition) is 2. The van der Waals surface area contributed by atoms with Crippen LogP contribution in [-0.4, -0.2) is 45.2 Å². The van der Waals surface area contributed by atoms with Gasteiger partial charge in [-0.1, -0.05) is 13.8 Å². The number of nitrogens with one attached hydrogen (secondary N) is 1. The van der Waals surface area contributed by atoms with E-state index >= 15 is 0 Å². The Kier molecular flexibility index (Phi) is 3.01. The van der Waals surface area contributed by atoms with Crippen LogP contribution in [0.2, 0.25) is 0 Å². The number of hydrogen-bond acceptors (Lipinski definition) is 3. The van der Waals surface area contributed by atoms with E-state index in [0.29, 0.717) is 5.75 Å². The third-order valence-corrected chi connectivity index (χ3v) is 4.77. The molecule has 2 amide bonds. The third-order valence-electron chi connectivity index (χ3n) is 3.55. The molecule has 17 heavy (non-hydrogen) atoms. The van der Waals surface area contributed by atoms with Crippen molar-refractivity contribution in [2.24, 2.45) is 5.41 Å². The number of thioether (sulfide) groups is 1. The van der Waals surface area contributed by atoms with E-state index < -0.39 is 12.0 Å².